The zero-order chi connectivity index (χ0) is 12.3. The lowest BCUT2D eigenvalue weighted by molar-refractivity contribution is 0.272. The first-order chi connectivity index (χ1) is 8.24. The fourth-order valence-corrected chi connectivity index (χ4v) is 2.00. The van der Waals surface area contributed by atoms with Gasteiger partial charge in [0.2, 0.25) is 0 Å². The molecule has 0 aliphatic carbocycles. The number of aliphatic hydroxyl groups excluding tert-OH is 1. The molecule has 0 amide bonds. The van der Waals surface area contributed by atoms with Crippen LogP contribution in [0.3, 0.4) is 0 Å². The molecule has 90 valence electrons. The number of hydrogen-bond donors (Lipinski definition) is 1. The van der Waals surface area contributed by atoms with Crippen LogP contribution in [-0.2, 0) is 6.42 Å². The topological polar surface area (TPSA) is 29.5 Å². The summed E-state index contributed by atoms with van der Waals surface area (Å²) in [7, 11) is 0. The van der Waals surface area contributed by atoms with Crippen molar-refractivity contribution >= 4 is 0 Å². The van der Waals surface area contributed by atoms with E-state index in [0.717, 1.165) is 24.0 Å². The van der Waals surface area contributed by atoms with Crippen LogP contribution in [0, 0.1) is 24.6 Å². The number of benzene rings is 1. The normalized spacial score (nSPS) is 13.4. The Bertz CT molecular complexity index is 483. The van der Waals surface area contributed by atoms with Gasteiger partial charge in [0.1, 0.15) is 0 Å². The molecule has 0 saturated carbocycles. The minimum Gasteiger partial charge on any atom is -0.490 e. The minimum atomic E-state index is -0.335. The van der Waals surface area contributed by atoms with Crippen LogP contribution in [0.1, 0.15) is 29.5 Å². The van der Waals surface area contributed by atoms with Gasteiger partial charge >= 0.3 is 0 Å². The Morgan fingerprint density at radius 2 is 2.35 bits per heavy atom. The third-order valence-electron chi connectivity index (χ3n) is 2.90. The van der Waals surface area contributed by atoms with Gasteiger partial charge < -0.3 is 9.84 Å². The van der Waals surface area contributed by atoms with E-state index in [1.165, 1.54) is 6.07 Å². The molecule has 1 N–H and O–H groups in total. The summed E-state index contributed by atoms with van der Waals surface area (Å²) in [6, 6.07) is 1.42. The second-order valence-corrected chi connectivity index (χ2v) is 4.07. The molecule has 1 aromatic rings. The van der Waals surface area contributed by atoms with Crippen LogP contribution in [0.15, 0.2) is 6.07 Å². The maximum Gasteiger partial charge on any atom is 0.166 e. The molecule has 3 heteroatoms. The third-order valence-corrected chi connectivity index (χ3v) is 2.90. The van der Waals surface area contributed by atoms with Crippen LogP contribution < -0.4 is 4.74 Å². The maximum absolute atomic E-state index is 13.8. The molecule has 0 radical (unpaired) electrons. The second-order valence-electron chi connectivity index (χ2n) is 4.07. The largest absolute Gasteiger partial charge is 0.490 e. The first-order valence-corrected chi connectivity index (χ1v) is 5.78. The van der Waals surface area contributed by atoms with Crippen LogP contribution in [0.4, 0.5) is 4.39 Å². The van der Waals surface area contributed by atoms with Crippen LogP contribution in [0.5, 0.6) is 5.75 Å². The molecule has 0 unspecified atom stereocenters. The van der Waals surface area contributed by atoms with E-state index in [4.69, 9.17) is 9.84 Å². The lowest BCUT2D eigenvalue weighted by Gasteiger charge is -2.20. The highest BCUT2D eigenvalue weighted by molar-refractivity contribution is 5.52. The van der Waals surface area contributed by atoms with Crippen molar-refractivity contribution in [2.24, 2.45) is 0 Å². The highest BCUT2D eigenvalue weighted by atomic mass is 19.1. The molecular weight excluding hydrogens is 219 g/mol. The number of rotatable bonds is 1. The van der Waals surface area contributed by atoms with E-state index in [2.05, 4.69) is 11.8 Å². The number of halogens is 1. The molecular formula is C14H15FO2. The molecule has 17 heavy (non-hydrogen) atoms. The molecule has 0 aromatic heterocycles. The predicted octanol–water partition coefficient (Wildman–Crippen LogP) is 2.19. The summed E-state index contributed by atoms with van der Waals surface area (Å²) in [6.07, 6.45) is 2.17. The summed E-state index contributed by atoms with van der Waals surface area (Å²) in [4.78, 5) is 0. The smallest absolute Gasteiger partial charge is 0.166 e. The van der Waals surface area contributed by atoms with E-state index in [1.54, 1.807) is 0 Å². The SMILES string of the molecule is Cc1c(C#CCCO)cc(F)c2c1CCCO2. The molecule has 1 aromatic carbocycles. The lowest BCUT2D eigenvalue weighted by Crippen LogP contribution is -2.12. The Morgan fingerprint density at radius 1 is 1.53 bits per heavy atom. The van der Waals surface area contributed by atoms with Crippen LogP contribution in [0.25, 0.3) is 0 Å². The molecule has 2 rings (SSSR count). The molecule has 0 atom stereocenters. The minimum absolute atomic E-state index is 0.0303. The monoisotopic (exact) mass is 234 g/mol. The number of fused-ring (bicyclic) bond motifs is 1. The molecule has 1 aliphatic rings. The number of ether oxygens (including phenoxy) is 1. The van der Waals surface area contributed by atoms with Crippen molar-refractivity contribution in [2.75, 3.05) is 13.2 Å². The molecule has 0 spiro atoms. The van der Waals surface area contributed by atoms with E-state index in [-0.39, 0.29) is 12.4 Å². The summed E-state index contributed by atoms with van der Waals surface area (Å²) in [6.45, 7) is 2.55. The number of aliphatic hydroxyl groups is 1. The zero-order valence-corrected chi connectivity index (χ0v) is 9.85. The Balaban J connectivity index is 2.42. The zero-order valence-electron chi connectivity index (χ0n) is 9.85. The molecule has 1 aliphatic heterocycles. The van der Waals surface area contributed by atoms with E-state index in [1.807, 2.05) is 6.92 Å². The first-order valence-electron chi connectivity index (χ1n) is 5.78. The Morgan fingerprint density at radius 3 is 3.12 bits per heavy atom. The Labute approximate surface area is 100 Å². The Hall–Kier alpha value is -1.53. The maximum atomic E-state index is 13.8. The first kappa shape index (κ1) is 11.9. The van der Waals surface area contributed by atoms with Gasteiger partial charge in [0, 0.05) is 17.5 Å². The summed E-state index contributed by atoms with van der Waals surface area (Å²) >= 11 is 0. The summed E-state index contributed by atoms with van der Waals surface area (Å²) in [5.74, 6) is 5.77. The molecule has 0 saturated heterocycles. The van der Waals surface area contributed by atoms with Gasteiger partial charge in [0.25, 0.3) is 0 Å². The highest BCUT2D eigenvalue weighted by Gasteiger charge is 2.19. The second kappa shape index (κ2) is 5.20. The fraction of sp³-hybridized carbons (Fsp3) is 0.429. The average molecular weight is 234 g/mol. The van der Waals surface area contributed by atoms with Gasteiger partial charge in [0.05, 0.1) is 13.2 Å². The summed E-state index contributed by atoms with van der Waals surface area (Å²) in [5.41, 5.74) is 2.62. The lowest BCUT2D eigenvalue weighted by atomic mass is 9.96. The standard InChI is InChI=1S/C14H15FO2/c1-10-11(5-2-3-7-16)9-13(15)14-12(10)6-4-8-17-14/h9,16H,3-4,6-8H2,1H3. The van der Waals surface area contributed by atoms with E-state index in [0.29, 0.717) is 24.3 Å². The van der Waals surface area contributed by atoms with Gasteiger partial charge in [-0.3, -0.25) is 0 Å². The average Bonchev–Trinajstić information content (AvgIpc) is 2.36. The van der Waals surface area contributed by atoms with E-state index < -0.39 is 0 Å². The van der Waals surface area contributed by atoms with Gasteiger partial charge in [-0.2, -0.15) is 0 Å². The van der Waals surface area contributed by atoms with Crippen molar-refractivity contribution in [3.63, 3.8) is 0 Å². The fourth-order valence-electron chi connectivity index (χ4n) is 2.00. The molecule has 0 fully saturated rings. The van der Waals surface area contributed by atoms with Crippen molar-refractivity contribution in [3.8, 4) is 17.6 Å². The van der Waals surface area contributed by atoms with Crippen LogP contribution in [0.2, 0.25) is 0 Å². The molecule has 1 heterocycles. The van der Waals surface area contributed by atoms with Gasteiger partial charge in [-0.15, -0.1) is 0 Å². The van der Waals surface area contributed by atoms with Gasteiger partial charge in [-0.25, -0.2) is 4.39 Å². The highest BCUT2D eigenvalue weighted by Crippen LogP contribution is 2.32. The Kier molecular flexibility index (Phi) is 3.65. The van der Waals surface area contributed by atoms with Crippen LogP contribution >= 0.6 is 0 Å². The van der Waals surface area contributed by atoms with E-state index >= 15 is 0 Å². The van der Waals surface area contributed by atoms with Crippen molar-refractivity contribution in [3.05, 3.63) is 28.6 Å². The summed E-state index contributed by atoms with van der Waals surface area (Å²) in [5, 5.41) is 8.66. The van der Waals surface area contributed by atoms with Crippen molar-refractivity contribution < 1.29 is 14.2 Å². The van der Waals surface area contributed by atoms with Crippen LogP contribution in [-0.4, -0.2) is 18.3 Å². The van der Waals surface area contributed by atoms with Crippen molar-refractivity contribution in [1.82, 2.24) is 0 Å². The van der Waals surface area contributed by atoms with E-state index in [9.17, 15) is 4.39 Å². The predicted molar refractivity (Wildman–Crippen MR) is 63.5 cm³/mol. The van der Waals surface area contributed by atoms with Crippen molar-refractivity contribution in [2.45, 2.75) is 26.2 Å². The van der Waals surface area contributed by atoms with Gasteiger partial charge in [0.15, 0.2) is 11.6 Å². The third kappa shape index (κ3) is 2.42. The summed E-state index contributed by atoms with van der Waals surface area (Å²) < 4.78 is 19.1. The van der Waals surface area contributed by atoms with Gasteiger partial charge in [-0.1, -0.05) is 11.8 Å². The number of hydrogen-bond acceptors (Lipinski definition) is 2. The van der Waals surface area contributed by atoms with Crippen molar-refractivity contribution in [1.29, 1.82) is 0 Å². The quantitative estimate of drug-likeness (QED) is 0.755. The molecule has 0 bridgehead atoms. The van der Waals surface area contributed by atoms with Gasteiger partial charge in [-0.05, 0) is 31.4 Å². The molecule has 2 nitrogen and oxygen atoms in total.